The molecule has 3 nitrogen and oxygen atoms in total. The van der Waals surface area contributed by atoms with Crippen LogP contribution >= 0.6 is 0 Å². The molecule has 1 N–H and O–H groups in total. The average Bonchev–Trinajstić information content (AvgIpc) is 2.47. The standard InChI is InChI=1S/C15H19NO2/c17-15(11-4-3-9-18-10-11)13-5-1-7-14-12(13)6-2-8-16-14/h1,5,7,11,16H,2-4,6,8-10H2. The van der Waals surface area contributed by atoms with Gasteiger partial charge in [0.05, 0.1) is 6.61 Å². The topological polar surface area (TPSA) is 38.3 Å². The fourth-order valence-corrected chi connectivity index (χ4v) is 2.91. The van der Waals surface area contributed by atoms with Crippen LogP contribution in [0.2, 0.25) is 0 Å². The first-order chi connectivity index (χ1) is 8.86. The summed E-state index contributed by atoms with van der Waals surface area (Å²) in [5, 5.41) is 3.38. The predicted octanol–water partition coefficient (Wildman–Crippen LogP) is 2.65. The molecule has 2 heterocycles. The molecule has 0 aliphatic carbocycles. The number of nitrogens with one attached hydrogen (secondary N) is 1. The normalized spacial score (nSPS) is 23.0. The third kappa shape index (κ3) is 2.15. The molecule has 1 unspecified atom stereocenters. The van der Waals surface area contributed by atoms with Gasteiger partial charge in [0.2, 0.25) is 0 Å². The number of carbonyl (C=O) groups is 1. The number of carbonyl (C=O) groups excluding carboxylic acids is 1. The number of hydrogen-bond donors (Lipinski definition) is 1. The summed E-state index contributed by atoms with van der Waals surface area (Å²) in [4.78, 5) is 12.6. The molecule has 0 saturated carbocycles. The van der Waals surface area contributed by atoms with Gasteiger partial charge in [0, 0.05) is 30.3 Å². The number of anilines is 1. The van der Waals surface area contributed by atoms with Crippen molar-refractivity contribution in [3.63, 3.8) is 0 Å². The molecule has 1 fully saturated rings. The number of hydrogen-bond acceptors (Lipinski definition) is 3. The van der Waals surface area contributed by atoms with Crippen LogP contribution in [-0.2, 0) is 11.2 Å². The number of ketones is 1. The van der Waals surface area contributed by atoms with E-state index in [1.807, 2.05) is 12.1 Å². The summed E-state index contributed by atoms with van der Waals surface area (Å²) in [6.07, 6.45) is 4.09. The lowest BCUT2D eigenvalue weighted by molar-refractivity contribution is 0.0460. The number of Topliss-reactive ketones (excluding diaryl/α,β-unsaturated/α-hetero) is 1. The predicted molar refractivity (Wildman–Crippen MR) is 71.1 cm³/mol. The van der Waals surface area contributed by atoms with Gasteiger partial charge in [-0.3, -0.25) is 4.79 Å². The first-order valence-corrected chi connectivity index (χ1v) is 6.84. The molecule has 3 rings (SSSR count). The quantitative estimate of drug-likeness (QED) is 0.814. The van der Waals surface area contributed by atoms with Crippen molar-refractivity contribution in [3.8, 4) is 0 Å². The number of ether oxygens (including phenoxy) is 1. The van der Waals surface area contributed by atoms with Gasteiger partial charge in [-0.05, 0) is 37.3 Å². The molecular formula is C15H19NO2. The van der Waals surface area contributed by atoms with Crippen LogP contribution in [0.1, 0.15) is 35.2 Å². The van der Waals surface area contributed by atoms with Gasteiger partial charge in [0.15, 0.2) is 5.78 Å². The average molecular weight is 245 g/mol. The van der Waals surface area contributed by atoms with Gasteiger partial charge < -0.3 is 10.1 Å². The Balaban J connectivity index is 1.89. The molecule has 96 valence electrons. The lowest BCUT2D eigenvalue weighted by Gasteiger charge is -2.24. The minimum atomic E-state index is 0.0622. The second kappa shape index (κ2) is 5.11. The minimum Gasteiger partial charge on any atom is -0.385 e. The van der Waals surface area contributed by atoms with E-state index in [1.165, 1.54) is 5.56 Å². The fraction of sp³-hybridized carbons (Fsp3) is 0.533. The van der Waals surface area contributed by atoms with E-state index in [1.54, 1.807) is 0 Å². The molecule has 1 aromatic rings. The zero-order chi connectivity index (χ0) is 12.4. The Kier molecular flexibility index (Phi) is 3.33. The van der Waals surface area contributed by atoms with Gasteiger partial charge >= 0.3 is 0 Å². The number of fused-ring (bicyclic) bond motifs is 1. The molecule has 2 aliphatic rings. The molecule has 1 aromatic carbocycles. The van der Waals surface area contributed by atoms with E-state index in [2.05, 4.69) is 11.4 Å². The van der Waals surface area contributed by atoms with Gasteiger partial charge in [-0.2, -0.15) is 0 Å². The summed E-state index contributed by atoms with van der Waals surface area (Å²) in [5.41, 5.74) is 3.26. The zero-order valence-electron chi connectivity index (χ0n) is 10.6. The van der Waals surface area contributed by atoms with Gasteiger partial charge in [-0.25, -0.2) is 0 Å². The van der Waals surface area contributed by atoms with Crippen molar-refractivity contribution in [2.45, 2.75) is 25.7 Å². The second-order valence-corrected chi connectivity index (χ2v) is 5.14. The maximum Gasteiger partial charge on any atom is 0.168 e. The van der Waals surface area contributed by atoms with Crippen LogP contribution in [0.3, 0.4) is 0 Å². The molecule has 1 atom stereocenters. The van der Waals surface area contributed by atoms with Crippen molar-refractivity contribution in [1.29, 1.82) is 0 Å². The van der Waals surface area contributed by atoms with Crippen LogP contribution in [0.4, 0.5) is 5.69 Å². The van der Waals surface area contributed by atoms with Crippen molar-refractivity contribution in [3.05, 3.63) is 29.3 Å². The Bertz CT molecular complexity index is 450. The van der Waals surface area contributed by atoms with Crippen LogP contribution in [0.5, 0.6) is 0 Å². The smallest absolute Gasteiger partial charge is 0.168 e. The summed E-state index contributed by atoms with van der Waals surface area (Å²) in [6.45, 7) is 2.41. The first-order valence-electron chi connectivity index (χ1n) is 6.84. The lowest BCUT2D eigenvalue weighted by atomic mass is 9.87. The maximum atomic E-state index is 12.6. The third-order valence-corrected chi connectivity index (χ3v) is 3.89. The highest BCUT2D eigenvalue weighted by molar-refractivity contribution is 6.00. The van der Waals surface area contributed by atoms with Crippen molar-refractivity contribution in [2.75, 3.05) is 25.1 Å². The summed E-state index contributed by atoms with van der Waals surface area (Å²) >= 11 is 0. The van der Waals surface area contributed by atoms with E-state index >= 15 is 0 Å². The molecule has 0 spiro atoms. The Morgan fingerprint density at radius 2 is 2.28 bits per heavy atom. The van der Waals surface area contributed by atoms with E-state index in [0.29, 0.717) is 6.61 Å². The zero-order valence-corrected chi connectivity index (χ0v) is 10.6. The van der Waals surface area contributed by atoms with Gasteiger partial charge in [-0.15, -0.1) is 0 Å². The minimum absolute atomic E-state index is 0.0622. The molecule has 1 saturated heterocycles. The summed E-state index contributed by atoms with van der Waals surface area (Å²) in [7, 11) is 0. The van der Waals surface area contributed by atoms with Gasteiger partial charge in [0.25, 0.3) is 0 Å². The van der Waals surface area contributed by atoms with Crippen molar-refractivity contribution >= 4 is 11.5 Å². The van der Waals surface area contributed by atoms with Gasteiger partial charge in [0.1, 0.15) is 0 Å². The van der Waals surface area contributed by atoms with Crippen LogP contribution in [-0.4, -0.2) is 25.5 Å². The molecule has 0 amide bonds. The molecule has 0 aromatic heterocycles. The monoisotopic (exact) mass is 245 g/mol. The van der Waals surface area contributed by atoms with E-state index in [0.717, 1.165) is 50.1 Å². The van der Waals surface area contributed by atoms with Crippen molar-refractivity contribution in [2.24, 2.45) is 5.92 Å². The van der Waals surface area contributed by atoms with Crippen LogP contribution < -0.4 is 5.32 Å². The first kappa shape index (κ1) is 11.7. The van der Waals surface area contributed by atoms with Crippen LogP contribution in [0, 0.1) is 5.92 Å². The number of rotatable bonds is 2. The Morgan fingerprint density at radius 1 is 1.33 bits per heavy atom. The largest absolute Gasteiger partial charge is 0.385 e. The van der Waals surface area contributed by atoms with Crippen molar-refractivity contribution < 1.29 is 9.53 Å². The lowest BCUT2D eigenvalue weighted by Crippen LogP contribution is -2.27. The van der Waals surface area contributed by atoms with E-state index in [9.17, 15) is 4.79 Å². The Labute approximate surface area is 108 Å². The number of benzene rings is 1. The Morgan fingerprint density at radius 3 is 3.11 bits per heavy atom. The maximum absolute atomic E-state index is 12.6. The SMILES string of the molecule is O=C(c1cccc2c1CCCN2)C1CCCOC1. The molecule has 2 aliphatic heterocycles. The highest BCUT2D eigenvalue weighted by Gasteiger charge is 2.26. The molecule has 3 heteroatoms. The Hall–Kier alpha value is -1.35. The molecule has 18 heavy (non-hydrogen) atoms. The molecule has 0 bridgehead atoms. The highest BCUT2D eigenvalue weighted by Crippen LogP contribution is 2.28. The summed E-state index contributed by atoms with van der Waals surface area (Å²) in [5.74, 6) is 0.336. The van der Waals surface area contributed by atoms with Crippen molar-refractivity contribution in [1.82, 2.24) is 0 Å². The highest BCUT2D eigenvalue weighted by atomic mass is 16.5. The molecule has 0 radical (unpaired) electrons. The third-order valence-electron chi connectivity index (χ3n) is 3.89. The van der Waals surface area contributed by atoms with E-state index < -0.39 is 0 Å². The molecular weight excluding hydrogens is 226 g/mol. The summed E-state index contributed by atoms with van der Waals surface area (Å²) < 4.78 is 5.43. The van der Waals surface area contributed by atoms with Crippen LogP contribution in [0.15, 0.2) is 18.2 Å². The van der Waals surface area contributed by atoms with E-state index in [-0.39, 0.29) is 11.7 Å². The fourth-order valence-electron chi connectivity index (χ4n) is 2.91. The summed E-state index contributed by atoms with van der Waals surface area (Å²) in [6, 6.07) is 6.03. The second-order valence-electron chi connectivity index (χ2n) is 5.14. The van der Waals surface area contributed by atoms with E-state index in [4.69, 9.17) is 4.74 Å². The van der Waals surface area contributed by atoms with Gasteiger partial charge in [-0.1, -0.05) is 12.1 Å². The van der Waals surface area contributed by atoms with Crippen LogP contribution in [0.25, 0.3) is 0 Å².